The number of aromatic nitrogens is 1. The van der Waals surface area contributed by atoms with Crippen LogP contribution in [0.4, 0.5) is 4.79 Å². The standard InChI is InChI=1S/C37H47N5O10S/c1-8-23-19-37(23,34(46)41-53(48,49)27-10-11-27)40-31(44)30-18-26(51-32-28-12-9-25(50-7)16-22(28)13-14-38-32)20-42(30)33(45)29(17-24(43)15-21(2)3)39-35(47)52-36(4,5)6/h8-9,12-16,23,26-27,29-30H,1,10-11,17-20H2,2-7H3,(H,39,47)(H,40,44)(H,41,46)/t23-,26-,29+,30+,37-/m1/s1. The van der Waals surface area contributed by atoms with Crippen LogP contribution in [0.5, 0.6) is 11.6 Å². The number of fused-ring (bicyclic) bond motifs is 1. The molecule has 286 valence electrons. The van der Waals surface area contributed by atoms with Crippen molar-refractivity contribution in [1.29, 1.82) is 0 Å². The summed E-state index contributed by atoms with van der Waals surface area (Å²) in [5.74, 6) is -2.56. The zero-order valence-corrected chi connectivity index (χ0v) is 31.6. The van der Waals surface area contributed by atoms with Crippen molar-refractivity contribution >= 4 is 50.4 Å². The van der Waals surface area contributed by atoms with Gasteiger partial charge in [0, 0.05) is 30.3 Å². The second-order valence-electron chi connectivity index (χ2n) is 15.0. The fourth-order valence-electron chi connectivity index (χ4n) is 6.33. The predicted molar refractivity (Wildman–Crippen MR) is 194 cm³/mol. The molecule has 3 N–H and O–H groups in total. The number of likely N-dealkylation sites (tertiary alicyclic amines) is 1. The zero-order chi connectivity index (χ0) is 38.9. The molecule has 5 atom stereocenters. The molecule has 0 spiro atoms. The zero-order valence-electron chi connectivity index (χ0n) is 30.8. The van der Waals surface area contributed by atoms with Gasteiger partial charge in [0.2, 0.25) is 27.7 Å². The van der Waals surface area contributed by atoms with Gasteiger partial charge in [0.1, 0.15) is 35.1 Å². The molecule has 3 aliphatic rings. The Kier molecular flexibility index (Phi) is 11.2. The van der Waals surface area contributed by atoms with E-state index in [1.165, 1.54) is 17.1 Å². The maximum Gasteiger partial charge on any atom is 0.408 e. The average Bonchev–Trinajstić information content (AvgIpc) is 3.99. The number of carbonyl (C=O) groups is 5. The average molecular weight is 754 g/mol. The topological polar surface area (TPSA) is 199 Å². The molecule has 3 fully saturated rings. The summed E-state index contributed by atoms with van der Waals surface area (Å²) in [6.45, 7) is 12.0. The SMILES string of the molecule is C=C[C@@H]1C[C@]1(NC(=O)[C@@H]1C[C@@H](Oc2nccc3cc(OC)ccc23)CN1C(=O)[C@H](CC(=O)C=C(C)C)NC(=O)OC(C)(C)C)C(=O)NS(=O)(=O)C1CC1. The van der Waals surface area contributed by atoms with Gasteiger partial charge >= 0.3 is 6.09 Å². The number of pyridine rings is 1. The van der Waals surface area contributed by atoms with Crippen LogP contribution in [0.15, 0.2) is 54.8 Å². The number of ether oxygens (including phenoxy) is 3. The molecule has 2 heterocycles. The third-order valence-electron chi connectivity index (χ3n) is 9.15. The van der Waals surface area contributed by atoms with Gasteiger partial charge in [-0.2, -0.15) is 0 Å². The minimum Gasteiger partial charge on any atom is -0.497 e. The molecule has 1 aromatic heterocycles. The van der Waals surface area contributed by atoms with Crippen molar-refractivity contribution in [2.24, 2.45) is 5.92 Å². The van der Waals surface area contributed by atoms with Crippen LogP contribution >= 0.6 is 0 Å². The Labute approximate surface area is 308 Å². The number of alkyl carbamates (subject to hydrolysis) is 1. The van der Waals surface area contributed by atoms with Crippen LogP contribution in [-0.4, -0.2) is 96.1 Å². The number of benzene rings is 1. The van der Waals surface area contributed by atoms with Gasteiger partial charge in [-0.05, 0) is 89.6 Å². The summed E-state index contributed by atoms with van der Waals surface area (Å²) in [7, 11) is -2.39. The van der Waals surface area contributed by atoms with Crippen LogP contribution in [0, 0.1) is 5.92 Å². The molecule has 0 bridgehead atoms. The van der Waals surface area contributed by atoms with E-state index in [-0.39, 0.29) is 25.3 Å². The van der Waals surface area contributed by atoms with E-state index in [1.807, 2.05) is 0 Å². The number of nitrogens with zero attached hydrogens (tertiary/aromatic N) is 2. The highest BCUT2D eigenvalue weighted by molar-refractivity contribution is 7.91. The summed E-state index contributed by atoms with van der Waals surface area (Å²) in [5, 5.41) is 5.98. The Morgan fingerprint density at radius 2 is 1.85 bits per heavy atom. The Morgan fingerprint density at radius 1 is 1.13 bits per heavy atom. The van der Waals surface area contributed by atoms with Gasteiger partial charge in [-0.1, -0.05) is 11.6 Å². The second kappa shape index (κ2) is 15.2. The lowest BCUT2D eigenvalue weighted by Gasteiger charge is -2.30. The lowest BCUT2D eigenvalue weighted by molar-refractivity contribution is -0.141. The summed E-state index contributed by atoms with van der Waals surface area (Å²) in [5.41, 5.74) is -1.85. The van der Waals surface area contributed by atoms with E-state index in [0.717, 1.165) is 5.39 Å². The van der Waals surface area contributed by atoms with Crippen molar-refractivity contribution in [3.8, 4) is 11.6 Å². The first-order valence-electron chi connectivity index (χ1n) is 17.4. The van der Waals surface area contributed by atoms with Crippen molar-refractivity contribution < 1.29 is 46.6 Å². The van der Waals surface area contributed by atoms with Crippen LogP contribution in [0.3, 0.4) is 0 Å². The van der Waals surface area contributed by atoms with E-state index in [1.54, 1.807) is 72.2 Å². The molecule has 15 nitrogen and oxygen atoms in total. The fourth-order valence-corrected chi connectivity index (χ4v) is 7.70. The van der Waals surface area contributed by atoms with E-state index in [9.17, 15) is 32.4 Å². The first-order chi connectivity index (χ1) is 24.9. The van der Waals surface area contributed by atoms with E-state index in [0.29, 0.717) is 29.6 Å². The molecule has 1 saturated heterocycles. The Bertz CT molecular complexity index is 1950. The molecule has 0 radical (unpaired) electrons. The molecule has 16 heteroatoms. The van der Waals surface area contributed by atoms with E-state index in [4.69, 9.17) is 14.2 Å². The van der Waals surface area contributed by atoms with Gasteiger partial charge < -0.3 is 29.7 Å². The monoisotopic (exact) mass is 753 g/mol. The highest BCUT2D eigenvalue weighted by Crippen LogP contribution is 2.45. The Balaban J connectivity index is 1.46. The maximum atomic E-state index is 14.4. The highest BCUT2D eigenvalue weighted by atomic mass is 32.2. The molecule has 2 aliphatic carbocycles. The minimum absolute atomic E-state index is 0.0658. The van der Waals surface area contributed by atoms with Crippen molar-refractivity contribution in [3.63, 3.8) is 0 Å². The van der Waals surface area contributed by atoms with Crippen molar-refractivity contribution in [2.75, 3.05) is 13.7 Å². The molecule has 1 aliphatic heterocycles. The first kappa shape index (κ1) is 39.2. The summed E-state index contributed by atoms with van der Waals surface area (Å²) in [6, 6.07) is 4.40. The van der Waals surface area contributed by atoms with Crippen LogP contribution in [0.25, 0.3) is 10.8 Å². The number of ketones is 1. The van der Waals surface area contributed by atoms with E-state index >= 15 is 0 Å². The lowest BCUT2D eigenvalue weighted by atomic mass is 10.1. The van der Waals surface area contributed by atoms with Gasteiger partial charge in [-0.15, -0.1) is 6.58 Å². The number of sulfonamides is 1. The molecule has 5 rings (SSSR count). The molecule has 2 saturated carbocycles. The second-order valence-corrected chi connectivity index (χ2v) is 16.9. The third kappa shape index (κ3) is 9.33. The van der Waals surface area contributed by atoms with Gasteiger partial charge in [0.15, 0.2) is 5.78 Å². The molecule has 0 unspecified atom stereocenters. The molecule has 1 aromatic carbocycles. The van der Waals surface area contributed by atoms with Crippen molar-refractivity contribution in [1.82, 2.24) is 25.2 Å². The van der Waals surface area contributed by atoms with Crippen molar-refractivity contribution in [3.05, 3.63) is 54.8 Å². The number of hydrogen-bond acceptors (Lipinski definition) is 11. The number of amides is 4. The fraction of sp³-hybridized carbons (Fsp3) is 0.514. The number of carbonyl (C=O) groups excluding carboxylic acids is 5. The first-order valence-corrected chi connectivity index (χ1v) is 19.0. The molecule has 4 amide bonds. The highest BCUT2D eigenvalue weighted by Gasteiger charge is 2.62. The predicted octanol–water partition coefficient (Wildman–Crippen LogP) is 3.08. The number of methoxy groups -OCH3 is 1. The molecule has 53 heavy (non-hydrogen) atoms. The molecular formula is C37H47N5O10S. The van der Waals surface area contributed by atoms with Gasteiger partial charge in [0.05, 0.1) is 18.9 Å². The normalized spacial score (nSPS) is 22.9. The van der Waals surface area contributed by atoms with Crippen LogP contribution in [-0.2, 0) is 33.9 Å². The Morgan fingerprint density at radius 3 is 2.45 bits per heavy atom. The largest absolute Gasteiger partial charge is 0.497 e. The van der Waals surface area contributed by atoms with Crippen LogP contribution < -0.4 is 24.8 Å². The summed E-state index contributed by atoms with van der Waals surface area (Å²) in [6.07, 6.45) is 3.07. The van der Waals surface area contributed by atoms with Gasteiger partial charge in [-0.3, -0.25) is 23.9 Å². The van der Waals surface area contributed by atoms with Gasteiger partial charge in [-0.25, -0.2) is 18.2 Å². The van der Waals surface area contributed by atoms with E-state index < -0.39 is 86.5 Å². The number of rotatable bonds is 14. The summed E-state index contributed by atoms with van der Waals surface area (Å²) < 4.78 is 44.5. The summed E-state index contributed by atoms with van der Waals surface area (Å²) >= 11 is 0. The minimum atomic E-state index is -3.94. The maximum absolute atomic E-state index is 14.4. The van der Waals surface area contributed by atoms with Crippen LogP contribution in [0.1, 0.15) is 66.7 Å². The number of nitrogens with one attached hydrogen (secondary N) is 3. The smallest absolute Gasteiger partial charge is 0.408 e. The van der Waals surface area contributed by atoms with Gasteiger partial charge in [0.25, 0.3) is 5.91 Å². The third-order valence-corrected chi connectivity index (χ3v) is 11.0. The number of allylic oxidation sites excluding steroid dienone is 2. The summed E-state index contributed by atoms with van der Waals surface area (Å²) in [4.78, 5) is 73.6. The molecular weight excluding hydrogens is 706 g/mol. The lowest BCUT2D eigenvalue weighted by Crippen LogP contribution is -2.58. The van der Waals surface area contributed by atoms with Crippen LogP contribution in [0.2, 0.25) is 0 Å². The number of hydrogen-bond donors (Lipinski definition) is 3. The Hall–Kier alpha value is -4.99. The molecule has 2 aromatic rings. The van der Waals surface area contributed by atoms with Crippen molar-refractivity contribution in [2.45, 2.75) is 101 Å². The quantitative estimate of drug-likeness (QED) is 0.189. The van der Waals surface area contributed by atoms with E-state index in [2.05, 4.69) is 26.9 Å².